The first-order chi connectivity index (χ1) is 13.2. The Bertz CT molecular complexity index is 915. The highest BCUT2D eigenvalue weighted by atomic mass is 35.5. The number of carbonyl (C=O) groups excluding carboxylic acids is 1. The number of hydrogen-bond acceptors (Lipinski definition) is 6. The lowest BCUT2D eigenvalue weighted by molar-refractivity contribution is -0.128. The van der Waals surface area contributed by atoms with Gasteiger partial charge in [0.15, 0.2) is 0 Å². The van der Waals surface area contributed by atoms with Crippen LogP contribution in [0, 0.1) is 12.8 Å². The predicted octanol–water partition coefficient (Wildman–Crippen LogP) is 2.29. The first kappa shape index (κ1) is 19.5. The number of carbonyl (C=O) groups is 1. The summed E-state index contributed by atoms with van der Waals surface area (Å²) in [6.45, 7) is 5.68. The second kappa shape index (κ2) is 7.93. The van der Waals surface area contributed by atoms with Crippen molar-refractivity contribution in [3.63, 3.8) is 0 Å². The lowest BCUT2D eigenvalue weighted by Gasteiger charge is -2.36. The second-order valence-corrected chi connectivity index (χ2v) is 8.71. The van der Waals surface area contributed by atoms with Gasteiger partial charge in [0.1, 0.15) is 17.8 Å². The van der Waals surface area contributed by atoms with Gasteiger partial charge in [-0.2, -0.15) is 0 Å². The summed E-state index contributed by atoms with van der Waals surface area (Å²) in [5.74, 6) is 2.66. The average molecular weight is 421 g/mol. The van der Waals surface area contributed by atoms with E-state index in [1.807, 2.05) is 17.3 Å². The number of nitrogens with zero attached hydrogens (tertiary/aromatic N) is 4. The molecule has 7 nitrogen and oxygen atoms in total. The zero-order valence-electron chi connectivity index (χ0n) is 15.9. The van der Waals surface area contributed by atoms with Crippen LogP contribution in [0.5, 0.6) is 0 Å². The Morgan fingerprint density at radius 1 is 1.29 bits per heavy atom. The molecule has 1 amide bonds. The van der Waals surface area contributed by atoms with Crippen LogP contribution >= 0.6 is 24.2 Å². The molecule has 9 heteroatoms. The first-order valence-corrected chi connectivity index (χ1v) is 10.6. The number of H-pyrrole nitrogens is 1. The number of likely N-dealkylation sites (tertiary alicyclic amines) is 1. The summed E-state index contributed by atoms with van der Waals surface area (Å²) in [4.78, 5) is 30.1. The first-order valence-electron chi connectivity index (χ1n) is 9.63. The van der Waals surface area contributed by atoms with E-state index < -0.39 is 0 Å². The minimum absolute atomic E-state index is 0. The summed E-state index contributed by atoms with van der Waals surface area (Å²) in [5.41, 5.74) is 1.96. The Hall–Kier alpha value is -1.77. The van der Waals surface area contributed by atoms with E-state index in [0.717, 1.165) is 71.6 Å². The molecule has 0 aromatic carbocycles. The van der Waals surface area contributed by atoms with E-state index >= 15 is 0 Å². The van der Waals surface area contributed by atoms with E-state index in [4.69, 9.17) is 0 Å². The fraction of sp³-hybridized carbons (Fsp3) is 0.526. The fourth-order valence-electron chi connectivity index (χ4n) is 4.47. The van der Waals surface area contributed by atoms with Gasteiger partial charge in [0.05, 0.1) is 10.3 Å². The number of anilines is 1. The number of aromatic amines is 1. The van der Waals surface area contributed by atoms with Crippen LogP contribution in [0.25, 0.3) is 11.0 Å². The molecule has 5 rings (SSSR count). The molecule has 2 fully saturated rings. The molecule has 2 aromatic rings. The van der Waals surface area contributed by atoms with Crippen molar-refractivity contribution in [2.45, 2.75) is 25.8 Å². The standard InChI is InChI=1S/C19H24N6OS.ClH/c1-12-8-21-17-16(12)18(23-11-22-17)24-6-7-27-15(10-24)19(26)25-5-3-13-2-4-20-14(13)9-25;/h8,10-11,13-14,20H,2-7,9H2,1H3,(H,21,22,23);1H/t13-,14+;/m1./s1. The Morgan fingerprint density at radius 3 is 3.07 bits per heavy atom. The Kier molecular flexibility index (Phi) is 5.53. The summed E-state index contributed by atoms with van der Waals surface area (Å²) in [6, 6.07) is 0.469. The van der Waals surface area contributed by atoms with Gasteiger partial charge in [-0.3, -0.25) is 4.79 Å². The van der Waals surface area contributed by atoms with Gasteiger partial charge >= 0.3 is 0 Å². The third-order valence-corrected chi connectivity index (χ3v) is 6.94. The highest BCUT2D eigenvalue weighted by Crippen LogP contribution is 2.33. The van der Waals surface area contributed by atoms with E-state index in [1.54, 1.807) is 18.1 Å². The number of thioether (sulfide) groups is 1. The maximum absolute atomic E-state index is 13.1. The Labute approximate surface area is 174 Å². The molecule has 28 heavy (non-hydrogen) atoms. The van der Waals surface area contributed by atoms with Crippen LogP contribution in [-0.2, 0) is 4.79 Å². The summed E-state index contributed by atoms with van der Waals surface area (Å²) < 4.78 is 0. The molecule has 150 valence electrons. The maximum Gasteiger partial charge on any atom is 0.261 e. The number of aryl methyl sites for hydroxylation is 1. The van der Waals surface area contributed by atoms with Crippen molar-refractivity contribution in [3.05, 3.63) is 29.2 Å². The van der Waals surface area contributed by atoms with Crippen LogP contribution < -0.4 is 10.2 Å². The zero-order valence-corrected chi connectivity index (χ0v) is 17.5. The molecule has 2 saturated heterocycles. The molecule has 3 aliphatic rings. The van der Waals surface area contributed by atoms with E-state index in [-0.39, 0.29) is 18.3 Å². The number of rotatable bonds is 2. The number of nitrogens with one attached hydrogen (secondary N) is 2. The van der Waals surface area contributed by atoms with Gasteiger partial charge in [-0.1, -0.05) is 0 Å². The quantitative estimate of drug-likeness (QED) is 0.776. The van der Waals surface area contributed by atoms with E-state index in [1.165, 1.54) is 6.42 Å². The number of fused-ring (bicyclic) bond motifs is 2. The lowest BCUT2D eigenvalue weighted by Crippen LogP contribution is -2.49. The number of amides is 1. The van der Waals surface area contributed by atoms with Crippen molar-refractivity contribution in [3.8, 4) is 0 Å². The third kappa shape index (κ3) is 3.38. The summed E-state index contributed by atoms with van der Waals surface area (Å²) in [5, 5.41) is 4.58. The molecular weight excluding hydrogens is 396 g/mol. The number of hydrogen-bond donors (Lipinski definition) is 2. The van der Waals surface area contributed by atoms with Gasteiger partial charge in [0, 0.05) is 43.8 Å². The minimum Gasteiger partial charge on any atom is -0.346 e. The molecule has 5 heterocycles. The summed E-state index contributed by atoms with van der Waals surface area (Å²) in [6.07, 6.45) is 7.88. The maximum atomic E-state index is 13.1. The van der Waals surface area contributed by atoms with Crippen LogP contribution in [0.1, 0.15) is 18.4 Å². The molecule has 0 radical (unpaired) electrons. The fourth-order valence-corrected chi connectivity index (χ4v) is 5.43. The number of halogens is 1. The van der Waals surface area contributed by atoms with Crippen molar-refractivity contribution < 1.29 is 4.79 Å². The van der Waals surface area contributed by atoms with Crippen LogP contribution in [0.4, 0.5) is 5.82 Å². The van der Waals surface area contributed by atoms with Gasteiger partial charge in [0.2, 0.25) is 0 Å². The number of piperidine rings is 1. The van der Waals surface area contributed by atoms with E-state index in [2.05, 4.69) is 32.1 Å². The molecule has 2 aromatic heterocycles. The van der Waals surface area contributed by atoms with Gasteiger partial charge < -0.3 is 20.1 Å². The van der Waals surface area contributed by atoms with Crippen molar-refractivity contribution in [1.29, 1.82) is 0 Å². The molecule has 0 spiro atoms. The van der Waals surface area contributed by atoms with Crippen LogP contribution in [0.15, 0.2) is 23.6 Å². The molecule has 2 N–H and O–H groups in total. The normalized spacial score (nSPS) is 24.7. The second-order valence-electron chi connectivity index (χ2n) is 7.58. The van der Waals surface area contributed by atoms with E-state index in [0.29, 0.717) is 6.04 Å². The predicted molar refractivity (Wildman–Crippen MR) is 115 cm³/mol. The minimum atomic E-state index is 0. The summed E-state index contributed by atoms with van der Waals surface area (Å²) in [7, 11) is 0. The Morgan fingerprint density at radius 2 is 2.18 bits per heavy atom. The van der Waals surface area contributed by atoms with E-state index in [9.17, 15) is 4.79 Å². The smallest absolute Gasteiger partial charge is 0.261 e. The SMILES string of the molecule is Cc1c[nH]c2ncnc(N3C=C(C(=O)N4CC[C@H]5CCN[C@H]5C4)SCC3)c12.Cl. The van der Waals surface area contributed by atoms with Gasteiger partial charge in [-0.25, -0.2) is 9.97 Å². The van der Waals surface area contributed by atoms with Crippen molar-refractivity contribution in [2.75, 3.05) is 36.8 Å². The van der Waals surface area contributed by atoms with Gasteiger partial charge in [-0.15, -0.1) is 24.2 Å². The van der Waals surface area contributed by atoms with Gasteiger partial charge in [0.25, 0.3) is 5.91 Å². The molecule has 0 bridgehead atoms. The van der Waals surface area contributed by atoms with Crippen molar-refractivity contribution in [2.24, 2.45) is 5.92 Å². The van der Waals surface area contributed by atoms with Crippen LogP contribution in [0.3, 0.4) is 0 Å². The highest BCUT2D eigenvalue weighted by molar-refractivity contribution is 8.04. The monoisotopic (exact) mass is 420 g/mol. The van der Waals surface area contributed by atoms with Crippen LogP contribution in [-0.4, -0.2) is 63.7 Å². The van der Waals surface area contributed by atoms with Crippen molar-refractivity contribution >= 4 is 46.9 Å². The average Bonchev–Trinajstić information content (AvgIpc) is 3.33. The highest BCUT2D eigenvalue weighted by Gasteiger charge is 2.35. The number of aromatic nitrogens is 3. The molecular formula is C19H25ClN6OS. The molecule has 2 atom stereocenters. The van der Waals surface area contributed by atoms with Crippen LogP contribution in [0.2, 0.25) is 0 Å². The Balaban J connectivity index is 0.00000192. The van der Waals surface area contributed by atoms with Crippen molar-refractivity contribution in [1.82, 2.24) is 25.2 Å². The van der Waals surface area contributed by atoms with Gasteiger partial charge in [-0.05, 0) is 37.8 Å². The zero-order chi connectivity index (χ0) is 18.4. The molecule has 0 aliphatic carbocycles. The molecule has 3 aliphatic heterocycles. The third-order valence-electron chi connectivity index (χ3n) is 5.96. The topological polar surface area (TPSA) is 77.2 Å². The lowest BCUT2D eigenvalue weighted by atomic mass is 9.92. The summed E-state index contributed by atoms with van der Waals surface area (Å²) >= 11 is 1.66. The molecule has 0 saturated carbocycles. The largest absolute Gasteiger partial charge is 0.346 e. The molecule has 0 unspecified atom stereocenters.